The van der Waals surface area contributed by atoms with E-state index in [1.165, 1.54) is 17.1 Å². The van der Waals surface area contributed by atoms with E-state index in [1.54, 1.807) is 12.4 Å². The van der Waals surface area contributed by atoms with Crippen LogP contribution in [0.15, 0.2) is 73.3 Å². The van der Waals surface area contributed by atoms with Crippen molar-refractivity contribution in [2.45, 2.75) is 32.5 Å². The Balaban J connectivity index is 1.81. The summed E-state index contributed by atoms with van der Waals surface area (Å²) in [4.78, 5) is 22.3. The highest BCUT2D eigenvalue weighted by atomic mass is 31.2. The molecule has 3 rings (SSSR count). The predicted octanol–water partition coefficient (Wildman–Crippen LogP) is 2.30. The summed E-state index contributed by atoms with van der Waals surface area (Å²) in [5.41, 5.74) is 4.41. The first-order valence-corrected chi connectivity index (χ1v) is 10.6. The molecule has 0 saturated heterocycles. The van der Waals surface area contributed by atoms with Gasteiger partial charge >= 0.3 is 0 Å². The molecule has 0 aliphatic carbocycles. The summed E-state index contributed by atoms with van der Waals surface area (Å²) in [5, 5.41) is 0. The van der Waals surface area contributed by atoms with Gasteiger partial charge in [0.15, 0.2) is 30.6 Å². The molecule has 3 aromatic rings. The molecule has 0 aliphatic rings. The Bertz CT molecular complexity index is 950. The molecule has 1 unspecified atom stereocenters. The van der Waals surface area contributed by atoms with Crippen molar-refractivity contribution < 1.29 is 23.5 Å². The van der Waals surface area contributed by atoms with Crippen molar-refractivity contribution in [2.24, 2.45) is 0 Å². The number of aromatic nitrogens is 2. The molecule has 140 valence electrons. The van der Waals surface area contributed by atoms with Crippen molar-refractivity contribution >= 4 is 7.60 Å². The average molecular weight is 382 g/mol. The highest BCUT2D eigenvalue weighted by Gasteiger charge is 2.16. The summed E-state index contributed by atoms with van der Waals surface area (Å²) in [6.07, 6.45) is 9.44. The van der Waals surface area contributed by atoms with E-state index in [4.69, 9.17) is 0 Å². The van der Waals surface area contributed by atoms with E-state index in [9.17, 15) is 14.4 Å². The smallest absolute Gasteiger partial charge is 0.210 e. The standard InChI is InChI=1S/C21H23N2O3P/c1-3-5-18-6-4-7-21(16-18)23-14-10-20(11-15-23)19-8-12-22(13-9-19)17(2)27(24,25)26/h4,6-17H,3,5H2,1-2H3. The topological polar surface area (TPSA) is 71.0 Å². The second-order valence-corrected chi connectivity index (χ2v) is 8.45. The number of benzene rings is 1. The van der Waals surface area contributed by atoms with Crippen LogP contribution >= 0.6 is 7.60 Å². The molecule has 0 radical (unpaired) electrons. The minimum absolute atomic E-state index is 0.956. The molecule has 2 aromatic heterocycles. The molecule has 0 fully saturated rings. The number of rotatable bonds is 6. The van der Waals surface area contributed by atoms with Gasteiger partial charge in [0.1, 0.15) is 0 Å². The number of hydrogen-bond acceptors (Lipinski definition) is 3. The summed E-state index contributed by atoms with van der Waals surface area (Å²) in [6.45, 7) is 3.56. The number of hydrogen-bond donors (Lipinski definition) is 0. The molecule has 1 aromatic carbocycles. The van der Waals surface area contributed by atoms with Gasteiger partial charge in [-0.3, -0.25) is 0 Å². The first-order chi connectivity index (χ1) is 12.9. The van der Waals surface area contributed by atoms with Crippen molar-refractivity contribution in [3.05, 3.63) is 78.9 Å². The van der Waals surface area contributed by atoms with Crippen molar-refractivity contribution in [2.75, 3.05) is 0 Å². The monoisotopic (exact) mass is 382 g/mol. The zero-order chi connectivity index (χ0) is 19.4. The van der Waals surface area contributed by atoms with Crippen LogP contribution in [0.4, 0.5) is 0 Å². The molecule has 2 heterocycles. The third-order valence-electron chi connectivity index (χ3n) is 4.65. The van der Waals surface area contributed by atoms with Crippen LogP contribution in [-0.4, -0.2) is 0 Å². The van der Waals surface area contributed by atoms with Gasteiger partial charge in [-0.15, -0.1) is 0 Å². The second-order valence-electron chi connectivity index (χ2n) is 6.62. The molecule has 0 amide bonds. The minimum Gasteiger partial charge on any atom is -0.806 e. The summed E-state index contributed by atoms with van der Waals surface area (Å²) in [5.74, 6) is -1.10. The van der Waals surface area contributed by atoms with E-state index in [0.29, 0.717) is 0 Å². The summed E-state index contributed by atoms with van der Waals surface area (Å²) < 4.78 is 14.7. The molecule has 1 atom stereocenters. The molecule has 0 N–H and O–H groups in total. The van der Waals surface area contributed by atoms with Crippen LogP contribution < -0.4 is 18.9 Å². The fraction of sp³-hybridized carbons (Fsp3) is 0.238. The average Bonchev–Trinajstić information content (AvgIpc) is 2.67. The Hall–Kier alpha value is -2.33. The SMILES string of the molecule is CCCc1cccc(-[n+]2ccc(-c3cc[n+](C(C)P(=O)([O-])[O-])cc3)cc2)c1. The van der Waals surface area contributed by atoms with Gasteiger partial charge in [-0.2, -0.15) is 9.13 Å². The van der Waals surface area contributed by atoms with Crippen LogP contribution in [0.2, 0.25) is 0 Å². The molecule has 27 heavy (non-hydrogen) atoms. The number of aryl methyl sites for hydroxylation is 1. The van der Waals surface area contributed by atoms with Gasteiger partial charge in [0, 0.05) is 50.9 Å². The second kappa shape index (κ2) is 8.13. The maximum atomic E-state index is 11.2. The molecule has 0 spiro atoms. The largest absolute Gasteiger partial charge is 0.806 e. The summed E-state index contributed by atoms with van der Waals surface area (Å²) in [7, 11) is -4.66. The first kappa shape index (κ1) is 19.4. The van der Waals surface area contributed by atoms with Gasteiger partial charge in [-0.25, -0.2) is 0 Å². The van der Waals surface area contributed by atoms with Crippen LogP contribution in [0, 0.1) is 0 Å². The fourth-order valence-corrected chi connectivity index (χ4v) is 3.48. The number of nitrogens with zero attached hydrogens (tertiary/aromatic N) is 2. The number of pyridine rings is 2. The van der Waals surface area contributed by atoms with E-state index >= 15 is 0 Å². The zero-order valence-electron chi connectivity index (χ0n) is 15.5. The molecule has 0 bridgehead atoms. The fourth-order valence-electron chi connectivity index (χ4n) is 3.00. The summed E-state index contributed by atoms with van der Waals surface area (Å²) in [6, 6.07) is 16.1. The molecular formula is C21H23N2O3P. The van der Waals surface area contributed by atoms with Gasteiger partial charge in [0.25, 0.3) is 0 Å². The van der Waals surface area contributed by atoms with Gasteiger partial charge in [0.05, 0.1) is 0 Å². The summed E-state index contributed by atoms with van der Waals surface area (Å²) >= 11 is 0. The Kier molecular flexibility index (Phi) is 5.85. The van der Waals surface area contributed by atoms with E-state index in [2.05, 4.69) is 35.8 Å². The molecule has 0 aliphatic heterocycles. The lowest BCUT2D eigenvalue weighted by Crippen LogP contribution is -2.41. The molecule has 0 saturated carbocycles. The van der Waals surface area contributed by atoms with Crippen molar-refractivity contribution in [1.82, 2.24) is 0 Å². The lowest BCUT2D eigenvalue weighted by atomic mass is 10.1. The Labute approximate surface area is 159 Å². The van der Waals surface area contributed by atoms with E-state index < -0.39 is 13.4 Å². The van der Waals surface area contributed by atoms with Crippen molar-refractivity contribution in [1.29, 1.82) is 0 Å². The Morgan fingerprint density at radius 1 is 0.963 bits per heavy atom. The first-order valence-electron chi connectivity index (χ1n) is 9.02. The van der Waals surface area contributed by atoms with Crippen molar-refractivity contribution in [3.8, 4) is 16.8 Å². The third kappa shape index (κ3) is 4.69. The highest BCUT2D eigenvalue weighted by molar-refractivity contribution is 7.48. The van der Waals surface area contributed by atoms with Crippen LogP contribution in [0.1, 0.15) is 31.6 Å². The van der Waals surface area contributed by atoms with Gasteiger partial charge in [0.2, 0.25) is 5.69 Å². The van der Waals surface area contributed by atoms with Crippen LogP contribution in [-0.2, 0) is 11.0 Å². The van der Waals surface area contributed by atoms with E-state index in [0.717, 1.165) is 29.7 Å². The quantitative estimate of drug-likeness (QED) is 0.485. The predicted molar refractivity (Wildman–Crippen MR) is 99.9 cm³/mol. The van der Waals surface area contributed by atoms with E-state index in [-0.39, 0.29) is 0 Å². The normalized spacial score (nSPS) is 12.7. The Morgan fingerprint density at radius 3 is 2.11 bits per heavy atom. The molecular weight excluding hydrogens is 359 g/mol. The Morgan fingerprint density at radius 2 is 1.56 bits per heavy atom. The highest BCUT2D eigenvalue weighted by Crippen LogP contribution is 2.35. The zero-order valence-corrected chi connectivity index (χ0v) is 16.4. The minimum atomic E-state index is -4.66. The maximum Gasteiger partial charge on any atom is 0.210 e. The van der Waals surface area contributed by atoms with Gasteiger partial charge < -0.3 is 14.4 Å². The lowest BCUT2D eigenvalue weighted by Gasteiger charge is -2.31. The van der Waals surface area contributed by atoms with Gasteiger partial charge in [-0.05, 0) is 23.1 Å². The van der Waals surface area contributed by atoms with E-state index in [1.807, 2.05) is 36.7 Å². The van der Waals surface area contributed by atoms with Crippen molar-refractivity contribution in [3.63, 3.8) is 0 Å². The van der Waals surface area contributed by atoms with Gasteiger partial charge in [-0.1, -0.05) is 25.5 Å². The van der Waals surface area contributed by atoms with Crippen LogP contribution in [0.5, 0.6) is 0 Å². The van der Waals surface area contributed by atoms with Crippen LogP contribution in [0.3, 0.4) is 0 Å². The third-order valence-corrected chi connectivity index (χ3v) is 5.83. The maximum absolute atomic E-state index is 11.2. The molecule has 6 heteroatoms. The molecule has 5 nitrogen and oxygen atoms in total. The lowest BCUT2D eigenvalue weighted by molar-refractivity contribution is -0.707. The van der Waals surface area contributed by atoms with Crippen LogP contribution in [0.25, 0.3) is 16.8 Å².